The van der Waals surface area contributed by atoms with Gasteiger partial charge in [-0.05, 0) is 45.0 Å². The first-order chi connectivity index (χ1) is 12.5. The fourth-order valence-corrected chi connectivity index (χ4v) is 2.45. The van der Waals surface area contributed by atoms with Crippen LogP contribution in [0, 0.1) is 0 Å². The largest absolute Gasteiger partial charge is 0.487 e. The number of amides is 2. The van der Waals surface area contributed by atoms with E-state index in [1.807, 2.05) is 0 Å². The summed E-state index contributed by atoms with van der Waals surface area (Å²) in [6.07, 6.45) is 0. The maximum absolute atomic E-state index is 12.1. The topological polar surface area (TPSA) is 103 Å². The van der Waals surface area contributed by atoms with Crippen molar-refractivity contribution in [1.29, 1.82) is 0 Å². The Morgan fingerprint density at radius 3 is 2.27 bits per heavy atom. The van der Waals surface area contributed by atoms with E-state index in [-0.39, 0.29) is 13.2 Å². The summed E-state index contributed by atoms with van der Waals surface area (Å²) in [6.45, 7) is 5.64. The summed E-state index contributed by atoms with van der Waals surface area (Å²) in [7, 11) is 0. The van der Waals surface area contributed by atoms with Gasteiger partial charge in [0.15, 0.2) is 0 Å². The van der Waals surface area contributed by atoms with Crippen LogP contribution in [-0.2, 0) is 14.3 Å². The van der Waals surface area contributed by atoms with Gasteiger partial charge in [-0.2, -0.15) is 0 Å². The van der Waals surface area contributed by atoms with Crippen LogP contribution >= 0.6 is 0 Å². The van der Waals surface area contributed by atoms with Crippen molar-refractivity contribution < 1.29 is 28.6 Å². The highest BCUT2D eigenvalue weighted by atomic mass is 16.5. The minimum Gasteiger partial charge on any atom is -0.487 e. The first-order valence-electron chi connectivity index (χ1n) is 8.33. The maximum Gasteiger partial charge on any atom is 0.338 e. The summed E-state index contributed by atoms with van der Waals surface area (Å²) >= 11 is 0. The number of nitrogens with one attached hydrogen (secondary N) is 2. The molecule has 0 bridgehead atoms. The summed E-state index contributed by atoms with van der Waals surface area (Å²) in [5.41, 5.74) is 1.07. The van der Waals surface area contributed by atoms with Gasteiger partial charge in [0.2, 0.25) is 0 Å². The summed E-state index contributed by atoms with van der Waals surface area (Å²) in [6, 6.07) is 5.48. The Balaban J connectivity index is 2.11. The predicted molar refractivity (Wildman–Crippen MR) is 92.7 cm³/mol. The summed E-state index contributed by atoms with van der Waals surface area (Å²) in [5, 5.41) is 5.20. The number of hydrogen-bond acceptors (Lipinski definition) is 6. The second-order valence-corrected chi connectivity index (χ2v) is 5.47. The van der Waals surface area contributed by atoms with Crippen molar-refractivity contribution in [3.8, 4) is 5.75 Å². The van der Waals surface area contributed by atoms with Crippen molar-refractivity contribution in [2.45, 2.75) is 26.8 Å². The van der Waals surface area contributed by atoms with Gasteiger partial charge in [-0.15, -0.1) is 0 Å². The van der Waals surface area contributed by atoms with Crippen LogP contribution in [0.2, 0.25) is 0 Å². The Morgan fingerprint density at radius 2 is 1.65 bits per heavy atom. The van der Waals surface area contributed by atoms with Gasteiger partial charge in [-0.1, -0.05) is 0 Å². The Morgan fingerprint density at radius 1 is 1.04 bits per heavy atom. The Labute approximate surface area is 151 Å². The molecule has 1 heterocycles. The standard InChI is InChI=1S/C18H22N2O6/c1-4-24-16(21)12-6-8-13(9-7-12)26-10-14-15(17(22)25-5-2)11(3)19-18(23)20-14/h6-9,11H,4-5,10H2,1-3H3,(H2,19,20,23)/t11-/m0/s1. The number of carbonyl (C=O) groups excluding carboxylic acids is 3. The molecule has 0 aliphatic carbocycles. The van der Waals surface area contributed by atoms with E-state index in [1.54, 1.807) is 45.0 Å². The maximum atomic E-state index is 12.1. The molecule has 1 aliphatic rings. The lowest BCUT2D eigenvalue weighted by molar-refractivity contribution is -0.139. The minimum atomic E-state index is -0.510. The number of rotatable bonds is 7. The van der Waals surface area contributed by atoms with E-state index in [2.05, 4.69) is 10.6 Å². The number of urea groups is 1. The molecule has 26 heavy (non-hydrogen) atoms. The van der Waals surface area contributed by atoms with Crippen LogP contribution in [0.3, 0.4) is 0 Å². The van der Waals surface area contributed by atoms with E-state index in [0.29, 0.717) is 29.2 Å². The van der Waals surface area contributed by atoms with E-state index >= 15 is 0 Å². The fraction of sp³-hybridized carbons (Fsp3) is 0.389. The number of benzene rings is 1. The molecule has 140 valence electrons. The zero-order chi connectivity index (χ0) is 19.1. The number of carbonyl (C=O) groups is 3. The van der Waals surface area contributed by atoms with Gasteiger partial charge in [0, 0.05) is 0 Å². The van der Waals surface area contributed by atoms with Gasteiger partial charge in [-0.3, -0.25) is 0 Å². The number of ether oxygens (including phenoxy) is 3. The summed E-state index contributed by atoms with van der Waals surface area (Å²) in [5.74, 6) is -0.441. The third kappa shape index (κ3) is 4.75. The second-order valence-electron chi connectivity index (χ2n) is 5.47. The van der Waals surface area contributed by atoms with E-state index < -0.39 is 24.0 Å². The van der Waals surface area contributed by atoms with E-state index in [1.165, 1.54) is 0 Å². The molecule has 1 aromatic rings. The highest BCUT2D eigenvalue weighted by Gasteiger charge is 2.29. The molecule has 1 aliphatic heterocycles. The molecule has 0 saturated heterocycles. The minimum absolute atomic E-state index is 0.0232. The van der Waals surface area contributed by atoms with Gasteiger partial charge in [0.1, 0.15) is 12.4 Å². The Kier molecular flexibility index (Phi) is 6.60. The SMILES string of the molecule is CCOC(=O)C1=C(COc2ccc(C(=O)OCC)cc2)NC(=O)N[C@H]1C. The molecule has 0 saturated carbocycles. The Hall–Kier alpha value is -3.03. The first-order valence-corrected chi connectivity index (χ1v) is 8.33. The molecule has 0 spiro atoms. The molecule has 8 heteroatoms. The lowest BCUT2D eigenvalue weighted by Gasteiger charge is -2.26. The van der Waals surface area contributed by atoms with Crippen molar-refractivity contribution in [3.05, 3.63) is 41.1 Å². The molecule has 0 radical (unpaired) electrons. The molecule has 8 nitrogen and oxygen atoms in total. The molecule has 2 N–H and O–H groups in total. The first kappa shape index (κ1) is 19.3. The molecule has 0 unspecified atom stereocenters. The van der Waals surface area contributed by atoms with Crippen molar-refractivity contribution in [1.82, 2.24) is 10.6 Å². The normalized spacial score (nSPS) is 16.4. The van der Waals surface area contributed by atoms with E-state index in [0.717, 1.165) is 0 Å². The molecule has 1 atom stereocenters. The third-order valence-electron chi connectivity index (χ3n) is 3.61. The quantitative estimate of drug-likeness (QED) is 0.717. The van der Waals surface area contributed by atoms with Crippen molar-refractivity contribution >= 4 is 18.0 Å². The van der Waals surface area contributed by atoms with Crippen LogP contribution < -0.4 is 15.4 Å². The zero-order valence-electron chi connectivity index (χ0n) is 15.0. The van der Waals surface area contributed by atoms with Gasteiger partial charge in [-0.25, -0.2) is 14.4 Å². The van der Waals surface area contributed by atoms with E-state index in [4.69, 9.17) is 14.2 Å². The lowest BCUT2D eigenvalue weighted by Crippen LogP contribution is -2.50. The zero-order valence-corrected chi connectivity index (χ0v) is 15.0. The lowest BCUT2D eigenvalue weighted by atomic mass is 10.0. The monoisotopic (exact) mass is 362 g/mol. The second kappa shape index (κ2) is 8.89. The van der Waals surface area contributed by atoms with Crippen LogP contribution in [0.15, 0.2) is 35.5 Å². The summed E-state index contributed by atoms with van der Waals surface area (Å²) < 4.78 is 15.6. The van der Waals surface area contributed by atoms with Crippen molar-refractivity contribution in [3.63, 3.8) is 0 Å². The molecule has 0 fully saturated rings. The van der Waals surface area contributed by atoms with Crippen LogP contribution in [0.25, 0.3) is 0 Å². The molecular formula is C18H22N2O6. The predicted octanol–water partition coefficient (Wildman–Crippen LogP) is 1.76. The third-order valence-corrected chi connectivity index (χ3v) is 3.61. The Bertz CT molecular complexity index is 711. The van der Waals surface area contributed by atoms with Crippen molar-refractivity contribution in [2.24, 2.45) is 0 Å². The number of hydrogen-bond donors (Lipinski definition) is 2. The van der Waals surface area contributed by atoms with Crippen molar-refractivity contribution in [2.75, 3.05) is 19.8 Å². The molecule has 2 rings (SSSR count). The van der Waals surface area contributed by atoms with Gasteiger partial charge in [0.25, 0.3) is 0 Å². The highest BCUT2D eigenvalue weighted by molar-refractivity contribution is 5.94. The van der Waals surface area contributed by atoms with Crippen LogP contribution in [0.4, 0.5) is 4.79 Å². The van der Waals surface area contributed by atoms with Crippen LogP contribution in [-0.4, -0.2) is 43.8 Å². The fourth-order valence-electron chi connectivity index (χ4n) is 2.45. The average Bonchev–Trinajstić information content (AvgIpc) is 2.60. The van der Waals surface area contributed by atoms with Gasteiger partial charge < -0.3 is 24.8 Å². The number of esters is 2. The van der Waals surface area contributed by atoms with Crippen LogP contribution in [0.1, 0.15) is 31.1 Å². The molecule has 2 amide bonds. The van der Waals surface area contributed by atoms with Gasteiger partial charge in [0.05, 0.1) is 36.1 Å². The molecular weight excluding hydrogens is 340 g/mol. The van der Waals surface area contributed by atoms with E-state index in [9.17, 15) is 14.4 Å². The molecule has 0 aromatic heterocycles. The van der Waals surface area contributed by atoms with Gasteiger partial charge >= 0.3 is 18.0 Å². The average molecular weight is 362 g/mol. The summed E-state index contributed by atoms with van der Waals surface area (Å²) in [4.78, 5) is 35.5. The smallest absolute Gasteiger partial charge is 0.338 e. The van der Waals surface area contributed by atoms with Crippen LogP contribution in [0.5, 0.6) is 5.75 Å². The highest BCUT2D eigenvalue weighted by Crippen LogP contribution is 2.18. The molecule has 1 aromatic carbocycles.